The summed E-state index contributed by atoms with van der Waals surface area (Å²) in [6.07, 6.45) is 5.66. The van der Waals surface area contributed by atoms with Gasteiger partial charge in [-0.3, -0.25) is 9.78 Å². The van der Waals surface area contributed by atoms with Crippen molar-refractivity contribution < 1.29 is 19.1 Å². The van der Waals surface area contributed by atoms with E-state index in [9.17, 15) is 9.59 Å². The lowest BCUT2D eigenvalue weighted by Crippen LogP contribution is -2.50. The third-order valence-electron chi connectivity index (χ3n) is 4.16. The first-order chi connectivity index (χ1) is 11.7. The summed E-state index contributed by atoms with van der Waals surface area (Å²) >= 11 is 1.47. The second kappa shape index (κ2) is 7.59. The van der Waals surface area contributed by atoms with Crippen molar-refractivity contribution in [2.75, 3.05) is 26.5 Å². The Hall–Kier alpha value is -1.83. The Bertz CT molecular complexity index is 637. The van der Waals surface area contributed by atoms with E-state index in [0.29, 0.717) is 31.6 Å². The maximum atomic E-state index is 12.6. The van der Waals surface area contributed by atoms with Crippen LogP contribution in [0.15, 0.2) is 17.4 Å². The Kier molecular flexibility index (Phi) is 5.92. The van der Waals surface area contributed by atoms with Crippen molar-refractivity contribution in [1.29, 1.82) is 0 Å². The van der Waals surface area contributed by atoms with Crippen LogP contribution in [0.4, 0.5) is 4.79 Å². The summed E-state index contributed by atoms with van der Waals surface area (Å²) < 4.78 is 10.5. The number of aromatic nitrogens is 2. The molecule has 0 N–H and O–H groups in total. The molecule has 0 unspecified atom stereocenters. The third-order valence-corrected chi connectivity index (χ3v) is 4.77. The van der Waals surface area contributed by atoms with Gasteiger partial charge in [-0.15, -0.1) is 11.8 Å². The van der Waals surface area contributed by atoms with Crippen molar-refractivity contribution in [3.8, 4) is 0 Å². The first-order valence-corrected chi connectivity index (χ1v) is 9.37. The molecule has 0 bridgehead atoms. The standard InChI is InChI=1S/C17H25N3O4S/c1-16(2,3)24-15(22)20-8-6-17(7-9-20,14(21)23-4)12-10-18-11-13(19-12)25-5/h10-11H,6-9H2,1-5H3. The van der Waals surface area contributed by atoms with Crippen molar-refractivity contribution in [3.63, 3.8) is 0 Å². The van der Waals surface area contributed by atoms with Crippen molar-refractivity contribution in [2.24, 2.45) is 0 Å². The molecule has 2 heterocycles. The molecule has 7 nitrogen and oxygen atoms in total. The zero-order valence-electron chi connectivity index (χ0n) is 15.4. The normalized spacial score (nSPS) is 17.1. The fourth-order valence-electron chi connectivity index (χ4n) is 2.83. The molecule has 0 radical (unpaired) electrons. The molecular weight excluding hydrogens is 342 g/mol. The fraction of sp³-hybridized carbons (Fsp3) is 0.647. The molecule has 0 saturated carbocycles. The highest BCUT2D eigenvalue weighted by Gasteiger charge is 2.47. The molecule has 1 amide bonds. The summed E-state index contributed by atoms with van der Waals surface area (Å²) in [7, 11) is 1.37. The number of piperidine rings is 1. The van der Waals surface area contributed by atoms with E-state index in [2.05, 4.69) is 9.97 Å². The number of thioether (sulfide) groups is 1. The molecule has 1 aliphatic rings. The Labute approximate surface area is 152 Å². The van der Waals surface area contributed by atoms with E-state index in [1.807, 2.05) is 27.0 Å². The highest BCUT2D eigenvalue weighted by molar-refractivity contribution is 7.98. The van der Waals surface area contributed by atoms with Crippen molar-refractivity contribution >= 4 is 23.8 Å². The smallest absolute Gasteiger partial charge is 0.410 e. The number of methoxy groups -OCH3 is 1. The maximum absolute atomic E-state index is 12.6. The topological polar surface area (TPSA) is 81.6 Å². The van der Waals surface area contributed by atoms with Gasteiger partial charge < -0.3 is 14.4 Å². The number of carbonyl (C=O) groups excluding carboxylic acids is 2. The quantitative estimate of drug-likeness (QED) is 0.600. The van der Waals surface area contributed by atoms with E-state index in [0.717, 1.165) is 5.03 Å². The van der Waals surface area contributed by atoms with Gasteiger partial charge in [-0.2, -0.15) is 0 Å². The number of hydrogen-bond donors (Lipinski definition) is 0. The Morgan fingerprint density at radius 3 is 2.40 bits per heavy atom. The number of carbonyl (C=O) groups is 2. The van der Waals surface area contributed by atoms with Gasteiger partial charge in [0.05, 0.1) is 19.0 Å². The summed E-state index contributed by atoms with van der Waals surface area (Å²) in [5.41, 5.74) is -0.840. The molecule has 138 valence electrons. The number of hydrogen-bond acceptors (Lipinski definition) is 7. The van der Waals surface area contributed by atoms with Crippen LogP contribution in [0.25, 0.3) is 0 Å². The lowest BCUT2D eigenvalue weighted by Gasteiger charge is -2.39. The van der Waals surface area contributed by atoms with Crippen LogP contribution in [0.1, 0.15) is 39.3 Å². The molecule has 8 heteroatoms. The number of ether oxygens (including phenoxy) is 2. The van der Waals surface area contributed by atoms with Crippen LogP contribution < -0.4 is 0 Å². The number of nitrogens with zero attached hydrogens (tertiary/aromatic N) is 3. The lowest BCUT2D eigenvalue weighted by atomic mass is 9.75. The number of rotatable bonds is 3. The van der Waals surface area contributed by atoms with Gasteiger partial charge in [-0.1, -0.05) is 0 Å². The minimum Gasteiger partial charge on any atom is -0.468 e. The molecule has 1 aliphatic heterocycles. The minimum atomic E-state index is -0.883. The molecule has 1 aromatic rings. The highest BCUT2D eigenvalue weighted by atomic mass is 32.2. The largest absolute Gasteiger partial charge is 0.468 e. The second-order valence-electron chi connectivity index (χ2n) is 6.99. The number of amides is 1. The Morgan fingerprint density at radius 2 is 1.88 bits per heavy atom. The van der Waals surface area contributed by atoms with E-state index >= 15 is 0 Å². The Balaban J connectivity index is 2.22. The fourth-order valence-corrected chi connectivity index (χ4v) is 3.19. The van der Waals surface area contributed by atoms with E-state index in [-0.39, 0.29) is 12.1 Å². The third kappa shape index (κ3) is 4.42. The Morgan fingerprint density at radius 1 is 1.24 bits per heavy atom. The molecule has 0 aliphatic carbocycles. The van der Waals surface area contributed by atoms with Gasteiger partial charge >= 0.3 is 12.1 Å². The lowest BCUT2D eigenvalue weighted by molar-refractivity contribution is -0.150. The van der Waals surface area contributed by atoms with Crippen LogP contribution in [-0.2, 0) is 19.7 Å². The van der Waals surface area contributed by atoms with Crippen molar-refractivity contribution in [1.82, 2.24) is 14.9 Å². The van der Waals surface area contributed by atoms with Crippen LogP contribution >= 0.6 is 11.8 Å². The highest BCUT2D eigenvalue weighted by Crippen LogP contribution is 2.36. The molecular formula is C17H25N3O4S. The van der Waals surface area contributed by atoms with E-state index in [1.165, 1.54) is 18.9 Å². The van der Waals surface area contributed by atoms with Gasteiger partial charge in [0.15, 0.2) is 0 Å². The molecule has 1 saturated heterocycles. The van der Waals surface area contributed by atoms with Crippen LogP contribution in [0.2, 0.25) is 0 Å². The first-order valence-electron chi connectivity index (χ1n) is 8.15. The molecule has 0 spiro atoms. The summed E-state index contributed by atoms with van der Waals surface area (Å²) in [5.74, 6) is -0.344. The van der Waals surface area contributed by atoms with Gasteiger partial charge in [0.2, 0.25) is 0 Å². The number of likely N-dealkylation sites (tertiary alicyclic amines) is 1. The van der Waals surface area contributed by atoms with Crippen LogP contribution in [0.3, 0.4) is 0 Å². The van der Waals surface area contributed by atoms with Crippen molar-refractivity contribution in [2.45, 2.75) is 49.7 Å². The monoisotopic (exact) mass is 367 g/mol. The van der Waals surface area contributed by atoms with Crippen molar-refractivity contribution in [3.05, 3.63) is 18.1 Å². The van der Waals surface area contributed by atoms with Crippen LogP contribution in [0.5, 0.6) is 0 Å². The zero-order valence-corrected chi connectivity index (χ0v) is 16.2. The van der Waals surface area contributed by atoms with Gasteiger partial charge in [-0.05, 0) is 39.9 Å². The molecule has 25 heavy (non-hydrogen) atoms. The summed E-state index contributed by atoms with van der Waals surface area (Å²) in [6, 6.07) is 0. The average molecular weight is 367 g/mol. The first kappa shape index (κ1) is 19.5. The molecule has 1 aromatic heterocycles. The zero-order chi connectivity index (χ0) is 18.7. The molecule has 1 fully saturated rings. The van der Waals surface area contributed by atoms with Crippen LogP contribution in [0, 0.1) is 0 Å². The average Bonchev–Trinajstić information content (AvgIpc) is 2.59. The van der Waals surface area contributed by atoms with Gasteiger partial charge in [0.1, 0.15) is 16.0 Å². The van der Waals surface area contributed by atoms with E-state index in [4.69, 9.17) is 9.47 Å². The van der Waals surface area contributed by atoms with Gasteiger partial charge in [0, 0.05) is 19.3 Å². The predicted molar refractivity (Wildman–Crippen MR) is 94.5 cm³/mol. The maximum Gasteiger partial charge on any atom is 0.410 e. The minimum absolute atomic E-state index is 0.344. The molecule has 2 rings (SSSR count). The SMILES string of the molecule is COC(=O)C1(c2cncc(SC)n2)CCN(C(=O)OC(C)(C)C)CC1. The molecule has 0 aromatic carbocycles. The van der Waals surface area contributed by atoms with Crippen LogP contribution in [-0.4, -0.2) is 59.0 Å². The predicted octanol–water partition coefficient (Wildman–Crippen LogP) is 2.64. The van der Waals surface area contributed by atoms with Gasteiger partial charge in [-0.25, -0.2) is 9.78 Å². The van der Waals surface area contributed by atoms with Gasteiger partial charge in [0.25, 0.3) is 0 Å². The van der Waals surface area contributed by atoms with E-state index in [1.54, 1.807) is 17.3 Å². The summed E-state index contributed by atoms with van der Waals surface area (Å²) in [5, 5.41) is 0.746. The molecule has 0 atom stereocenters. The van der Waals surface area contributed by atoms with E-state index < -0.39 is 11.0 Å². The second-order valence-corrected chi connectivity index (χ2v) is 7.81. The summed E-state index contributed by atoms with van der Waals surface area (Å²) in [4.78, 5) is 35.2. The summed E-state index contributed by atoms with van der Waals surface area (Å²) in [6.45, 7) is 6.29. The number of esters is 1.